The number of nitro benzene ring substituents is 1. The number of aromatic nitrogens is 1. The van der Waals surface area contributed by atoms with Crippen LogP contribution in [0.5, 0.6) is 0 Å². The van der Waals surface area contributed by atoms with Crippen LogP contribution in [0.1, 0.15) is 22.3 Å². The molecule has 0 aliphatic carbocycles. The third kappa shape index (κ3) is 4.04. The molecule has 4 rings (SSSR count). The summed E-state index contributed by atoms with van der Waals surface area (Å²) in [7, 11) is 0. The molecule has 0 bridgehead atoms. The molecule has 1 fully saturated rings. The lowest BCUT2D eigenvalue weighted by Crippen LogP contribution is -2.40. The summed E-state index contributed by atoms with van der Waals surface area (Å²) < 4.78 is 7.37. The second-order valence-corrected chi connectivity index (χ2v) is 6.98. The largest absolute Gasteiger partial charge is 0.378 e. The Hall–Kier alpha value is -3.63. The molecule has 1 saturated heterocycles. The van der Waals surface area contributed by atoms with Gasteiger partial charge < -0.3 is 14.2 Å². The van der Waals surface area contributed by atoms with Gasteiger partial charge in [0.05, 0.1) is 23.7 Å². The molecule has 1 amide bonds. The molecule has 2 aromatic carbocycles. The highest BCUT2D eigenvalue weighted by atomic mass is 16.6. The van der Waals surface area contributed by atoms with Crippen LogP contribution in [-0.2, 0) is 11.3 Å². The Morgan fingerprint density at radius 3 is 2.63 bits per heavy atom. The average molecular weight is 403 g/mol. The lowest BCUT2D eigenvalue weighted by Gasteiger charge is -2.26. The summed E-state index contributed by atoms with van der Waals surface area (Å²) in [6.45, 7) is 2.90. The van der Waals surface area contributed by atoms with E-state index in [-0.39, 0.29) is 11.6 Å². The third-order valence-corrected chi connectivity index (χ3v) is 5.12. The van der Waals surface area contributed by atoms with Crippen LogP contribution >= 0.6 is 0 Å². The van der Waals surface area contributed by atoms with Crippen molar-refractivity contribution in [3.63, 3.8) is 0 Å². The Morgan fingerprint density at radius 1 is 1.10 bits per heavy atom. The first-order chi connectivity index (χ1) is 14.6. The minimum Gasteiger partial charge on any atom is -0.378 e. The third-order valence-electron chi connectivity index (χ3n) is 5.12. The highest BCUT2D eigenvalue weighted by Gasteiger charge is 2.22. The van der Waals surface area contributed by atoms with E-state index in [0.29, 0.717) is 50.4 Å². The zero-order valence-electron chi connectivity index (χ0n) is 16.4. The van der Waals surface area contributed by atoms with Gasteiger partial charge in [0.2, 0.25) is 0 Å². The van der Waals surface area contributed by atoms with E-state index < -0.39 is 4.92 Å². The maximum absolute atomic E-state index is 13.0. The predicted octanol–water partition coefficient (Wildman–Crippen LogP) is 3.46. The lowest BCUT2D eigenvalue weighted by molar-refractivity contribution is -0.385. The normalized spacial score (nSPS) is 13.7. The van der Waals surface area contributed by atoms with Gasteiger partial charge in [0, 0.05) is 49.2 Å². The van der Waals surface area contributed by atoms with Crippen molar-refractivity contribution >= 4 is 22.5 Å². The average Bonchev–Trinajstić information content (AvgIpc) is 3.15. The molecule has 1 aromatic heterocycles. The molecule has 30 heavy (non-hydrogen) atoms. The molecule has 0 spiro atoms. The smallest absolute Gasteiger partial charge is 0.284 e. The van der Waals surface area contributed by atoms with E-state index in [4.69, 9.17) is 4.74 Å². The zero-order chi connectivity index (χ0) is 20.9. The number of para-hydroxylation sites is 2. The van der Waals surface area contributed by atoms with Gasteiger partial charge in [0.25, 0.3) is 11.6 Å². The van der Waals surface area contributed by atoms with Gasteiger partial charge in [0.1, 0.15) is 5.56 Å². The van der Waals surface area contributed by atoms with Crippen LogP contribution in [-0.4, -0.2) is 46.6 Å². The number of carbonyl (C=O) groups excluding carboxylic acids is 1. The van der Waals surface area contributed by atoms with Crippen molar-refractivity contribution in [3.8, 4) is 11.8 Å². The summed E-state index contributed by atoms with van der Waals surface area (Å²) in [5.74, 6) is 5.94. The molecule has 0 radical (unpaired) electrons. The number of nitro groups is 1. The highest BCUT2D eigenvalue weighted by molar-refractivity contribution is 6.07. The highest BCUT2D eigenvalue weighted by Crippen LogP contribution is 2.23. The van der Waals surface area contributed by atoms with Crippen LogP contribution < -0.4 is 0 Å². The number of ether oxygens (including phenoxy) is 1. The number of aryl methyl sites for hydroxylation is 1. The first kappa shape index (κ1) is 19.7. The summed E-state index contributed by atoms with van der Waals surface area (Å²) >= 11 is 0. The molecule has 7 nitrogen and oxygen atoms in total. The van der Waals surface area contributed by atoms with Crippen LogP contribution in [0.25, 0.3) is 10.9 Å². The summed E-state index contributed by atoms with van der Waals surface area (Å²) in [5, 5.41) is 12.0. The number of hydrogen-bond donors (Lipinski definition) is 0. The van der Waals surface area contributed by atoms with E-state index >= 15 is 0 Å². The predicted molar refractivity (Wildman–Crippen MR) is 113 cm³/mol. The van der Waals surface area contributed by atoms with Crippen molar-refractivity contribution in [2.24, 2.45) is 0 Å². The zero-order valence-corrected chi connectivity index (χ0v) is 16.4. The van der Waals surface area contributed by atoms with Gasteiger partial charge in [-0.15, -0.1) is 0 Å². The van der Waals surface area contributed by atoms with E-state index in [2.05, 4.69) is 11.8 Å². The van der Waals surface area contributed by atoms with Crippen LogP contribution in [0.4, 0.5) is 5.69 Å². The molecule has 152 valence electrons. The summed E-state index contributed by atoms with van der Waals surface area (Å²) in [5.41, 5.74) is 2.07. The maximum atomic E-state index is 13.0. The first-order valence-electron chi connectivity index (χ1n) is 9.82. The van der Waals surface area contributed by atoms with Crippen molar-refractivity contribution in [3.05, 3.63) is 76.0 Å². The van der Waals surface area contributed by atoms with E-state index in [1.54, 1.807) is 18.2 Å². The maximum Gasteiger partial charge on any atom is 0.284 e. The molecule has 3 aromatic rings. The van der Waals surface area contributed by atoms with Crippen molar-refractivity contribution in [1.29, 1.82) is 0 Å². The van der Waals surface area contributed by atoms with Crippen LogP contribution in [0, 0.1) is 22.0 Å². The van der Waals surface area contributed by atoms with Gasteiger partial charge in [-0.05, 0) is 12.1 Å². The second kappa shape index (κ2) is 8.80. The fourth-order valence-electron chi connectivity index (χ4n) is 3.61. The second-order valence-electron chi connectivity index (χ2n) is 6.98. The number of nitrogens with zero attached hydrogens (tertiary/aromatic N) is 3. The van der Waals surface area contributed by atoms with Crippen molar-refractivity contribution < 1.29 is 14.5 Å². The first-order valence-corrected chi connectivity index (χ1v) is 9.82. The van der Waals surface area contributed by atoms with Gasteiger partial charge in [-0.3, -0.25) is 14.9 Å². The SMILES string of the molecule is O=C(c1cn(CCC#Cc2ccccc2[N+](=O)[O-])c2ccccc12)N1CCOCC1. The summed E-state index contributed by atoms with van der Waals surface area (Å²) in [6, 6.07) is 14.3. The molecule has 0 N–H and O–H groups in total. The quantitative estimate of drug-likeness (QED) is 0.380. The molecule has 1 aliphatic heterocycles. The lowest BCUT2D eigenvalue weighted by atomic mass is 10.1. The number of morpholine rings is 1. The molecule has 1 aliphatic rings. The number of hydrogen-bond acceptors (Lipinski definition) is 4. The Morgan fingerprint density at radius 2 is 1.83 bits per heavy atom. The molecule has 7 heteroatoms. The topological polar surface area (TPSA) is 77.6 Å². The van der Waals surface area contributed by atoms with Gasteiger partial charge in [-0.1, -0.05) is 42.2 Å². The molecular formula is C23H21N3O4. The standard InChI is InChI=1S/C23H21N3O4/c27-23(24-13-15-30-16-14-24)20-17-25(22-11-4-2-9-19(20)22)12-6-5-8-18-7-1-3-10-21(18)26(28)29/h1-4,7,9-11,17H,6,12-16H2. The van der Waals surface area contributed by atoms with Gasteiger partial charge in [-0.25, -0.2) is 0 Å². The Kier molecular flexibility index (Phi) is 5.77. The Balaban J connectivity index is 1.55. The van der Waals surface area contributed by atoms with E-state index in [1.165, 1.54) is 6.07 Å². The fourth-order valence-corrected chi connectivity index (χ4v) is 3.61. The monoisotopic (exact) mass is 403 g/mol. The van der Waals surface area contributed by atoms with Gasteiger partial charge >= 0.3 is 0 Å². The number of carbonyl (C=O) groups is 1. The molecule has 0 unspecified atom stereocenters. The number of fused-ring (bicyclic) bond motifs is 1. The van der Waals surface area contributed by atoms with Crippen molar-refractivity contribution in [2.75, 3.05) is 26.3 Å². The molecule has 0 atom stereocenters. The minimum absolute atomic E-state index is 0.00908. The Labute approximate surface area is 174 Å². The van der Waals surface area contributed by atoms with Crippen molar-refractivity contribution in [2.45, 2.75) is 13.0 Å². The molecule has 0 saturated carbocycles. The van der Waals surface area contributed by atoms with Crippen LogP contribution in [0.15, 0.2) is 54.7 Å². The summed E-state index contributed by atoms with van der Waals surface area (Å²) in [6.07, 6.45) is 2.39. The van der Waals surface area contributed by atoms with E-state index in [0.717, 1.165) is 10.9 Å². The molecule has 2 heterocycles. The van der Waals surface area contributed by atoms with Crippen LogP contribution in [0.3, 0.4) is 0 Å². The Bertz CT molecular complexity index is 1150. The number of rotatable bonds is 4. The van der Waals surface area contributed by atoms with E-state index in [1.807, 2.05) is 39.9 Å². The fraction of sp³-hybridized carbons (Fsp3) is 0.261. The van der Waals surface area contributed by atoms with E-state index in [9.17, 15) is 14.9 Å². The van der Waals surface area contributed by atoms with Crippen LogP contribution in [0.2, 0.25) is 0 Å². The number of amides is 1. The number of benzene rings is 2. The van der Waals surface area contributed by atoms with Crippen molar-refractivity contribution in [1.82, 2.24) is 9.47 Å². The van der Waals surface area contributed by atoms with Gasteiger partial charge in [-0.2, -0.15) is 0 Å². The van der Waals surface area contributed by atoms with Gasteiger partial charge in [0.15, 0.2) is 0 Å². The minimum atomic E-state index is -0.424. The molecular weight excluding hydrogens is 382 g/mol. The summed E-state index contributed by atoms with van der Waals surface area (Å²) in [4.78, 5) is 25.5.